The van der Waals surface area contributed by atoms with Crippen molar-refractivity contribution in [2.24, 2.45) is 0 Å². The molecule has 1 aromatic rings. The van der Waals surface area contributed by atoms with Crippen molar-refractivity contribution in [1.29, 1.82) is 0 Å². The van der Waals surface area contributed by atoms with Gasteiger partial charge in [-0.1, -0.05) is 0 Å². The van der Waals surface area contributed by atoms with Crippen LogP contribution in [0.3, 0.4) is 0 Å². The van der Waals surface area contributed by atoms with Gasteiger partial charge in [0.25, 0.3) is 5.91 Å². The largest absolute Gasteiger partial charge is 0.468 e. The molecular formula is C13H16BrN3O3. The molecular weight excluding hydrogens is 326 g/mol. The van der Waals surface area contributed by atoms with Gasteiger partial charge in [0.05, 0.1) is 13.7 Å². The van der Waals surface area contributed by atoms with E-state index < -0.39 is 0 Å². The number of hydrogen-bond acceptors (Lipinski definition) is 5. The molecule has 108 valence electrons. The van der Waals surface area contributed by atoms with Gasteiger partial charge in [0.1, 0.15) is 4.60 Å². The fraction of sp³-hybridized carbons (Fsp3) is 0.462. The summed E-state index contributed by atoms with van der Waals surface area (Å²) in [6, 6.07) is 3.41. The summed E-state index contributed by atoms with van der Waals surface area (Å²) in [5, 5.41) is 0. The number of carbonyl (C=O) groups excluding carboxylic acids is 2. The van der Waals surface area contributed by atoms with Crippen molar-refractivity contribution in [3.8, 4) is 0 Å². The van der Waals surface area contributed by atoms with Crippen LogP contribution in [0.4, 0.5) is 0 Å². The number of esters is 1. The van der Waals surface area contributed by atoms with Crippen molar-refractivity contribution in [2.45, 2.75) is 0 Å². The van der Waals surface area contributed by atoms with Crippen LogP contribution in [-0.2, 0) is 9.53 Å². The molecule has 1 aromatic heterocycles. The Bertz CT molecular complexity index is 501. The zero-order chi connectivity index (χ0) is 14.5. The third kappa shape index (κ3) is 3.77. The number of ether oxygens (including phenoxy) is 1. The van der Waals surface area contributed by atoms with E-state index in [-0.39, 0.29) is 18.4 Å². The maximum absolute atomic E-state index is 12.3. The smallest absolute Gasteiger partial charge is 0.319 e. The number of aromatic nitrogens is 1. The monoisotopic (exact) mass is 341 g/mol. The van der Waals surface area contributed by atoms with Gasteiger partial charge < -0.3 is 9.64 Å². The normalized spacial score (nSPS) is 16.0. The summed E-state index contributed by atoms with van der Waals surface area (Å²) in [5.74, 6) is -0.256. The standard InChI is InChI=1S/C13H16BrN3O3/c1-20-12(18)9-16-4-6-17(7-5-16)13(19)10-2-3-15-11(14)8-10/h2-3,8H,4-7,9H2,1H3. The van der Waals surface area contributed by atoms with Crippen molar-refractivity contribution < 1.29 is 14.3 Å². The molecule has 0 radical (unpaired) electrons. The van der Waals surface area contributed by atoms with Gasteiger partial charge in [0, 0.05) is 37.9 Å². The van der Waals surface area contributed by atoms with Gasteiger partial charge in [0.2, 0.25) is 0 Å². The molecule has 6 nitrogen and oxygen atoms in total. The van der Waals surface area contributed by atoms with Crippen molar-refractivity contribution in [3.05, 3.63) is 28.5 Å². The molecule has 2 rings (SSSR count). The predicted octanol–water partition coefficient (Wildman–Crippen LogP) is 0.775. The summed E-state index contributed by atoms with van der Waals surface area (Å²) in [4.78, 5) is 31.3. The second-order valence-electron chi connectivity index (χ2n) is 4.51. The average molecular weight is 342 g/mol. The average Bonchev–Trinajstić information content (AvgIpc) is 2.47. The molecule has 1 fully saturated rings. The van der Waals surface area contributed by atoms with Gasteiger partial charge in [-0.25, -0.2) is 4.98 Å². The van der Waals surface area contributed by atoms with Crippen LogP contribution in [-0.4, -0.2) is 66.5 Å². The molecule has 2 heterocycles. The highest BCUT2D eigenvalue weighted by Crippen LogP contribution is 2.12. The Labute approximate surface area is 125 Å². The first-order chi connectivity index (χ1) is 9.60. The van der Waals surface area contributed by atoms with Crippen LogP contribution in [0.5, 0.6) is 0 Å². The Morgan fingerprint density at radius 1 is 1.35 bits per heavy atom. The number of nitrogens with zero attached hydrogens (tertiary/aromatic N) is 3. The molecule has 1 saturated heterocycles. The van der Waals surface area contributed by atoms with Crippen LogP contribution in [0.1, 0.15) is 10.4 Å². The lowest BCUT2D eigenvalue weighted by Crippen LogP contribution is -2.50. The fourth-order valence-electron chi connectivity index (χ4n) is 2.07. The summed E-state index contributed by atoms with van der Waals surface area (Å²) < 4.78 is 5.28. The molecule has 1 aliphatic rings. The lowest BCUT2D eigenvalue weighted by molar-refractivity contribution is -0.142. The van der Waals surface area contributed by atoms with Crippen molar-refractivity contribution in [2.75, 3.05) is 39.8 Å². The lowest BCUT2D eigenvalue weighted by Gasteiger charge is -2.34. The minimum absolute atomic E-state index is 0.00850. The van der Waals surface area contributed by atoms with E-state index >= 15 is 0 Å². The number of carbonyl (C=O) groups is 2. The SMILES string of the molecule is COC(=O)CN1CCN(C(=O)c2ccnc(Br)c2)CC1. The lowest BCUT2D eigenvalue weighted by atomic mass is 10.2. The number of halogens is 1. The number of rotatable bonds is 3. The van der Waals surface area contributed by atoms with E-state index in [4.69, 9.17) is 0 Å². The van der Waals surface area contributed by atoms with E-state index in [0.29, 0.717) is 36.3 Å². The Morgan fingerprint density at radius 3 is 2.65 bits per heavy atom. The van der Waals surface area contributed by atoms with E-state index in [0.717, 1.165) is 0 Å². The van der Waals surface area contributed by atoms with Gasteiger partial charge in [0.15, 0.2) is 0 Å². The minimum atomic E-state index is -0.247. The second-order valence-corrected chi connectivity index (χ2v) is 5.32. The fourth-order valence-corrected chi connectivity index (χ4v) is 2.44. The Kier molecular flexibility index (Phi) is 5.08. The second kappa shape index (κ2) is 6.81. The maximum atomic E-state index is 12.3. The van der Waals surface area contributed by atoms with Crippen molar-refractivity contribution >= 4 is 27.8 Å². The van der Waals surface area contributed by atoms with E-state index in [1.165, 1.54) is 7.11 Å². The van der Waals surface area contributed by atoms with Crippen LogP contribution in [0.2, 0.25) is 0 Å². The van der Waals surface area contributed by atoms with E-state index in [1.54, 1.807) is 23.2 Å². The highest BCUT2D eigenvalue weighted by atomic mass is 79.9. The number of pyridine rings is 1. The third-order valence-electron chi connectivity index (χ3n) is 3.21. The molecule has 7 heteroatoms. The van der Waals surface area contributed by atoms with Crippen molar-refractivity contribution in [1.82, 2.24) is 14.8 Å². The first-order valence-corrected chi connectivity index (χ1v) is 7.09. The third-order valence-corrected chi connectivity index (χ3v) is 3.65. The van der Waals surface area contributed by atoms with Gasteiger partial charge in [-0.15, -0.1) is 0 Å². The number of amides is 1. The molecule has 0 unspecified atom stereocenters. The van der Waals surface area contributed by atoms with Gasteiger partial charge >= 0.3 is 5.97 Å². The summed E-state index contributed by atoms with van der Waals surface area (Å²) in [5.41, 5.74) is 0.619. The van der Waals surface area contributed by atoms with Crippen LogP contribution in [0, 0.1) is 0 Å². The molecule has 0 aliphatic carbocycles. The van der Waals surface area contributed by atoms with Crippen LogP contribution in [0.15, 0.2) is 22.9 Å². The summed E-state index contributed by atoms with van der Waals surface area (Å²) >= 11 is 3.26. The molecule has 0 bridgehead atoms. The highest BCUT2D eigenvalue weighted by molar-refractivity contribution is 9.10. The molecule has 1 aliphatic heterocycles. The maximum Gasteiger partial charge on any atom is 0.319 e. The molecule has 0 N–H and O–H groups in total. The Balaban J connectivity index is 1.90. The zero-order valence-corrected chi connectivity index (χ0v) is 12.8. The van der Waals surface area contributed by atoms with Crippen LogP contribution < -0.4 is 0 Å². The molecule has 0 aromatic carbocycles. The van der Waals surface area contributed by atoms with E-state index in [1.807, 2.05) is 4.90 Å². The van der Waals surface area contributed by atoms with E-state index in [2.05, 4.69) is 25.7 Å². The summed E-state index contributed by atoms with van der Waals surface area (Å²) in [6.45, 7) is 2.84. The van der Waals surface area contributed by atoms with Crippen LogP contribution in [0.25, 0.3) is 0 Å². The minimum Gasteiger partial charge on any atom is -0.468 e. The van der Waals surface area contributed by atoms with Crippen LogP contribution >= 0.6 is 15.9 Å². The zero-order valence-electron chi connectivity index (χ0n) is 11.2. The number of methoxy groups -OCH3 is 1. The molecule has 0 atom stereocenters. The number of hydrogen-bond donors (Lipinski definition) is 0. The van der Waals surface area contributed by atoms with Gasteiger partial charge in [-0.05, 0) is 28.1 Å². The number of piperazine rings is 1. The Morgan fingerprint density at radius 2 is 2.05 bits per heavy atom. The topological polar surface area (TPSA) is 62.7 Å². The predicted molar refractivity (Wildman–Crippen MR) is 76.3 cm³/mol. The summed E-state index contributed by atoms with van der Waals surface area (Å²) in [6.07, 6.45) is 1.60. The Hall–Kier alpha value is -1.47. The van der Waals surface area contributed by atoms with Gasteiger partial charge in [-0.3, -0.25) is 14.5 Å². The first kappa shape index (κ1) is 14.9. The van der Waals surface area contributed by atoms with Gasteiger partial charge in [-0.2, -0.15) is 0 Å². The first-order valence-electron chi connectivity index (χ1n) is 6.30. The summed E-state index contributed by atoms with van der Waals surface area (Å²) in [7, 11) is 1.38. The quantitative estimate of drug-likeness (QED) is 0.600. The van der Waals surface area contributed by atoms with E-state index in [9.17, 15) is 9.59 Å². The molecule has 1 amide bonds. The molecule has 0 spiro atoms. The molecule has 0 saturated carbocycles. The van der Waals surface area contributed by atoms with Crippen molar-refractivity contribution in [3.63, 3.8) is 0 Å². The molecule has 20 heavy (non-hydrogen) atoms. The highest BCUT2D eigenvalue weighted by Gasteiger charge is 2.23.